The van der Waals surface area contributed by atoms with Gasteiger partial charge < -0.3 is 14.6 Å². The molecule has 1 aromatic carbocycles. The molecule has 25 heavy (non-hydrogen) atoms. The number of nitrogens with zero attached hydrogens (tertiary/aromatic N) is 4. The Bertz CT molecular complexity index is 723. The van der Waals surface area contributed by atoms with Gasteiger partial charge in [0.25, 0.3) is 0 Å². The summed E-state index contributed by atoms with van der Waals surface area (Å²) in [7, 11) is 2.04. The molecule has 2 heterocycles. The highest BCUT2D eigenvalue weighted by Gasteiger charge is 2.36. The van der Waals surface area contributed by atoms with Crippen LogP contribution in [-0.2, 0) is 13.5 Å². The van der Waals surface area contributed by atoms with E-state index in [9.17, 15) is 5.11 Å². The monoisotopic (exact) mass is 340 g/mol. The number of benzene rings is 1. The molecular formula is C20H28N4O. The first-order valence-electron chi connectivity index (χ1n) is 9.57. The first-order chi connectivity index (χ1) is 12.2. The van der Waals surface area contributed by atoms with E-state index >= 15 is 0 Å². The van der Waals surface area contributed by atoms with Crippen LogP contribution in [0.15, 0.2) is 24.3 Å². The number of piperidine rings is 1. The first-order valence-corrected chi connectivity index (χ1v) is 9.57. The van der Waals surface area contributed by atoms with E-state index in [0.29, 0.717) is 17.6 Å². The molecule has 4 rings (SSSR count). The Hall–Kier alpha value is -2.04. The second kappa shape index (κ2) is 6.70. The number of hydrogen-bond acceptors (Lipinski definition) is 4. The van der Waals surface area contributed by atoms with Crippen molar-refractivity contribution in [3.8, 4) is 5.75 Å². The fourth-order valence-electron chi connectivity index (χ4n) is 4.59. The molecule has 2 aromatic rings. The largest absolute Gasteiger partial charge is 0.508 e. The Labute approximate surface area is 149 Å². The van der Waals surface area contributed by atoms with Crippen molar-refractivity contribution in [2.24, 2.45) is 12.5 Å². The van der Waals surface area contributed by atoms with Crippen LogP contribution in [0.3, 0.4) is 0 Å². The second-order valence-corrected chi connectivity index (χ2v) is 7.83. The third kappa shape index (κ3) is 3.24. The van der Waals surface area contributed by atoms with Crippen LogP contribution >= 0.6 is 0 Å². The highest BCUT2D eigenvalue weighted by atomic mass is 16.3. The van der Waals surface area contributed by atoms with Crippen molar-refractivity contribution in [1.29, 1.82) is 0 Å². The quantitative estimate of drug-likeness (QED) is 0.926. The summed E-state index contributed by atoms with van der Waals surface area (Å²) in [6.45, 7) is 2.17. The van der Waals surface area contributed by atoms with Gasteiger partial charge in [0.2, 0.25) is 5.95 Å². The van der Waals surface area contributed by atoms with Gasteiger partial charge in [0.15, 0.2) is 0 Å². The minimum Gasteiger partial charge on any atom is -0.508 e. The van der Waals surface area contributed by atoms with Crippen LogP contribution in [0.1, 0.15) is 56.3 Å². The average Bonchev–Trinajstić information content (AvgIpc) is 2.99. The van der Waals surface area contributed by atoms with E-state index in [-0.39, 0.29) is 0 Å². The normalized spacial score (nSPS) is 20.1. The molecule has 1 N–H and O–H groups in total. The topological polar surface area (TPSA) is 54.2 Å². The molecule has 0 bridgehead atoms. The lowest BCUT2D eigenvalue weighted by Gasteiger charge is -2.44. The molecular weight excluding hydrogens is 312 g/mol. The number of anilines is 1. The van der Waals surface area contributed by atoms with Gasteiger partial charge in [0, 0.05) is 32.1 Å². The Balaban J connectivity index is 1.46. The predicted octanol–water partition coefficient (Wildman–Crippen LogP) is 3.66. The van der Waals surface area contributed by atoms with Crippen molar-refractivity contribution in [2.45, 2.75) is 51.4 Å². The highest BCUT2D eigenvalue weighted by Crippen LogP contribution is 2.44. The summed E-state index contributed by atoms with van der Waals surface area (Å²) in [6, 6.07) is 7.45. The third-order valence-corrected chi connectivity index (χ3v) is 6.30. The summed E-state index contributed by atoms with van der Waals surface area (Å²) in [5.41, 5.74) is 1.50. The highest BCUT2D eigenvalue weighted by molar-refractivity contribution is 5.37. The van der Waals surface area contributed by atoms with Crippen molar-refractivity contribution in [1.82, 2.24) is 14.8 Å². The van der Waals surface area contributed by atoms with E-state index in [1.54, 1.807) is 6.07 Å². The average molecular weight is 340 g/mol. The van der Waals surface area contributed by atoms with Crippen LogP contribution in [0.4, 0.5) is 5.95 Å². The third-order valence-electron chi connectivity index (χ3n) is 6.30. The first kappa shape index (κ1) is 16.4. The summed E-state index contributed by atoms with van der Waals surface area (Å²) in [5, 5.41) is 18.8. The van der Waals surface area contributed by atoms with Crippen LogP contribution in [0, 0.1) is 5.41 Å². The zero-order valence-corrected chi connectivity index (χ0v) is 15.1. The number of aromatic hydroxyl groups is 1. The number of para-hydroxylation sites is 1. The van der Waals surface area contributed by atoms with E-state index in [1.165, 1.54) is 44.9 Å². The van der Waals surface area contributed by atoms with Gasteiger partial charge in [-0.3, -0.25) is 0 Å². The number of rotatable bonds is 3. The lowest BCUT2D eigenvalue weighted by molar-refractivity contribution is 0.143. The molecule has 2 fully saturated rings. The molecule has 5 heteroatoms. The lowest BCUT2D eigenvalue weighted by Crippen LogP contribution is -2.42. The van der Waals surface area contributed by atoms with Crippen molar-refractivity contribution in [3.05, 3.63) is 35.7 Å². The zero-order chi connectivity index (χ0) is 17.3. The number of phenolic OH excluding ortho intramolecular Hbond substituents is 1. The standard InChI is InChI=1S/C20H28N4O/c1-23-18(15-16-7-3-4-8-17(16)25)21-22-19(23)24-13-11-20(12-14-24)9-5-2-6-10-20/h3-4,7-8,25H,2,5-6,9-15H2,1H3. The molecule has 1 aliphatic heterocycles. The second-order valence-electron chi connectivity index (χ2n) is 7.83. The molecule has 1 aliphatic carbocycles. The summed E-state index contributed by atoms with van der Waals surface area (Å²) in [5.74, 6) is 2.19. The van der Waals surface area contributed by atoms with Gasteiger partial charge >= 0.3 is 0 Å². The molecule has 134 valence electrons. The summed E-state index contributed by atoms with van der Waals surface area (Å²) < 4.78 is 2.09. The van der Waals surface area contributed by atoms with Gasteiger partial charge in [0.05, 0.1) is 0 Å². The van der Waals surface area contributed by atoms with E-state index in [0.717, 1.165) is 30.4 Å². The Morgan fingerprint density at radius 2 is 1.72 bits per heavy atom. The summed E-state index contributed by atoms with van der Waals surface area (Å²) >= 11 is 0. The molecule has 5 nitrogen and oxygen atoms in total. The van der Waals surface area contributed by atoms with E-state index in [2.05, 4.69) is 19.7 Å². The molecule has 0 radical (unpaired) electrons. The molecule has 1 saturated heterocycles. The molecule has 1 aromatic heterocycles. The maximum Gasteiger partial charge on any atom is 0.226 e. The molecule has 1 saturated carbocycles. The van der Waals surface area contributed by atoms with Crippen LogP contribution < -0.4 is 4.90 Å². The molecule has 2 aliphatic rings. The van der Waals surface area contributed by atoms with Crippen molar-refractivity contribution in [2.75, 3.05) is 18.0 Å². The molecule has 0 unspecified atom stereocenters. The Kier molecular flexibility index (Phi) is 4.40. The number of phenols is 1. The van der Waals surface area contributed by atoms with E-state index in [1.807, 2.05) is 25.2 Å². The van der Waals surface area contributed by atoms with Gasteiger partial charge in [-0.15, -0.1) is 10.2 Å². The predicted molar refractivity (Wildman–Crippen MR) is 98.9 cm³/mol. The van der Waals surface area contributed by atoms with Gasteiger partial charge in [-0.1, -0.05) is 37.5 Å². The maximum absolute atomic E-state index is 9.99. The molecule has 0 amide bonds. The lowest BCUT2D eigenvalue weighted by atomic mass is 9.68. The minimum atomic E-state index is 0.323. The molecule has 0 atom stereocenters. The van der Waals surface area contributed by atoms with Gasteiger partial charge in [-0.2, -0.15) is 0 Å². The van der Waals surface area contributed by atoms with E-state index < -0.39 is 0 Å². The Morgan fingerprint density at radius 1 is 1.00 bits per heavy atom. The van der Waals surface area contributed by atoms with Crippen LogP contribution in [-0.4, -0.2) is 33.0 Å². The summed E-state index contributed by atoms with van der Waals surface area (Å²) in [4.78, 5) is 2.39. The van der Waals surface area contributed by atoms with Gasteiger partial charge in [-0.25, -0.2) is 0 Å². The number of hydrogen-bond donors (Lipinski definition) is 1. The maximum atomic E-state index is 9.99. The fourth-order valence-corrected chi connectivity index (χ4v) is 4.59. The van der Waals surface area contributed by atoms with Crippen LogP contribution in [0.5, 0.6) is 5.75 Å². The van der Waals surface area contributed by atoms with Gasteiger partial charge in [0.1, 0.15) is 11.6 Å². The smallest absolute Gasteiger partial charge is 0.226 e. The Morgan fingerprint density at radius 3 is 2.44 bits per heavy atom. The van der Waals surface area contributed by atoms with Crippen LogP contribution in [0.25, 0.3) is 0 Å². The zero-order valence-electron chi connectivity index (χ0n) is 15.1. The van der Waals surface area contributed by atoms with Crippen molar-refractivity contribution >= 4 is 5.95 Å². The van der Waals surface area contributed by atoms with E-state index in [4.69, 9.17) is 0 Å². The SMILES string of the molecule is Cn1c(Cc2ccccc2O)nnc1N1CCC2(CCCCC2)CC1. The number of aromatic nitrogens is 3. The summed E-state index contributed by atoms with van der Waals surface area (Å²) in [6.07, 6.45) is 10.3. The fraction of sp³-hybridized carbons (Fsp3) is 0.600. The van der Waals surface area contributed by atoms with Gasteiger partial charge in [-0.05, 0) is 37.2 Å². The minimum absolute atomic E-state index is 0.323. The van der Waals surface area contributed by atoms with Crippen molar-refractivity contribution < 1.29 is 5.11 Å². The molecule has 1 spiro atoms. The van der Waals surface area contributed by atoms with Crippen LogP contribution in [0.2, 0.25) is 0 Å². The van der Waals surface area contributed by atoms with Crippen molar-refractivity contribution in [3.63, 3.8) is 0 Å².